The molecule has 0 radical (unpaired) electrons. The average Bonchev–Trinajstić information content (AvgIpc) is 3.35. The van der Waals surface area contributed by atoms with Gasteiger partial charge in [-0.2, -0.15) is 5.10 Å². The molecule has 39 heavy (non-hydrogen) atoms. The van der Waals surface area contributed by atoms with Crippen molar-refractivity contribution >= 4 is 23.7 Å². The number of ketones is 1. The van der Waals surface area contributed by atoms with Crippen LogP contribution >= 0.6 is 0 Å². The Morgan fingerprint density at radius 3 is 2.54 bits per heavy atom. The number of fused-ring (bicyclic) bond motifs is 1. The predicted octanol–water partition coefficient (Wildman–Crippen LogP) is -0.112. The Kier molecular flexibility index (Phi) is 10.5. The Balaban J connectivity index is 1.66. The van der Waals surface area contributed by atoms with E-state index in [1.165, 1.54) is 6.33 Å². The second kappa shape index (κ2) is 13.8. The smallest absolute Gasteiger partial charge is 0.407 e. The summed E-state index contributed by atoms with van der Waals surface area (Å²) in [7, 11) is 0. The van der Waals surface area contributed by atoms with Gasteiger partial charge in [-0.3, -0.25) is 19.7 Å². The van der Waals surface area contributed by atoms with Gasteiger partial charge in [0.15, 0.2) is 0 Å². The van der Waals surface area contributed by atoms with Gasteiger partial charge in [0, 0.05) is 13.0 Å². The lowest BCUT2D eigenvalue weighted by Gasteiger charge is -2.32. The van der Waals surface area contributed by atoms with E-state index in [9.17, 15) is 24.3 Å². The van der Waals surface area contributed by atoms with Gasteiger partial charge in [-0.25, -0.2) is 14.5 Å². The van der Waals surface area contributed by atoms with E-state index in [4.69, 9.17) is 4.74 Å². The standard InChI is InChI=1S/C26H37N7O6/c1-15(2)20(23(35)30-18-12-19-28-14-29-33(19)11-10-27-25(37)22(18)34)31-24(36)21(16(3)4)32-26(38)39-13-17-8-6-5-7-9-17/h5-9,14-16,18,20-21,24,31,36H,10-13H2,1-4H3,(H,27,37)(H,30,35)(H,32,38). The molecule has 212 valence electrons. The molecule has 1 aromatic heterocycles. The molecular weight excluding hydrogens is 506 g/mol. The molecule has 3 amide bonds. The van der Waals surface area contributed by atoms with E-state index >= 15 is 0 Å². The van der Waals surface area contributed by atoms with E-state index in [1.807, 2.05) is 44.2 Å². The first-order chi connectivity index (χ1) is 18.6. The Morgan fingerprint density at radius 1 is 1.15 bits per heavy atom. The van der Waals surface area contributed by atoms with Crippen LogP contribution in [0.4, 0.5) is 4.79 Å². The Bertz CT molecular complexity index is 1140. The third kappa shape index (κ3) is 8.32. The molecule has 5 N–H and O–H groups in total. The van der Waals surface area contributed by atoms with Gasteiger partial charge in [0.05, 0.1) is 18.6 Å². The Morgan fingerprint density at radius 2 is 1.87 bits per heavy atom. The summed E-state index contributed by atoms with van der Waals surface area (Å²) in [4.78, 5) is 55.0. The van der Waals surface area contributed by atoms with Crippen LogP contribution in [0.25, 0.3) is 0 Å². The summed E-state index contributed by atoms with van der Waals surface area (Å²) in [6.07, 6.45) is -0.708. The van der Waals surface area contributed by atoms with E-state index in [1.54, 1.807) is 18.5 Å². The molecule has 2 aromatic rings. The summed E-state index contributed by atoms with van der Waals surface area (Å²) in [6, 6.07) is 6.25. The van der Waals surface area contributed by atoms with Crippen LogP contribution < -0.4 is 21.3 Å². The molecule has 1 aliphatic heterocycles. The number of aliphatic hydroxyl groups is 1. The van der Waals surface area contributed by atoms with E-state index in [0.29, 0.717) is 12.4 Å². The highest BCUT2D eigenvalue weighted by atomic mass is 16.5. The fraction of sp³-hybridized carbons (Fsp3) is 0.538. The van der Waals surface area contributed by atoms with Gasteiger partial charge in [0.25, 0.3) is 5.91 Å². The third-order valence-corrected chi connectivity index (χ3v) is 6.40. The van der Waals surface area contributed by atoms with Gasteiger partial charge < -0.3 is 25.8 Å². The van der Waals surface area contributed by atoms with Crippen LogP contribution in [0.3, 0.4) is 0 Å². The van der Waals surface area contributed by atoms with E-state index in [0.717, 1.165) is 5.56 Å². The maximum atomic E-state index is 13.3. The summed E-state index contributed by atoms with van der Waals surface area (Å²) >= 11 is 0. The first-order valence-corrected chi connectivity index (χ1v) is 13.0. The van der Waals surface area contributed by atoms with Crippen LogP contribution in [0.1, 0.15) is 39.1 Å². The highest BCUT2D eigenvalue weighted by Crippen LogP contribution is 2.12. The molecule has 0 spiro atoms. The maximum absolute atomic E-state index is 13.3. The van der Waals surface area contributed by atoms with E-state index < -0.39 is 48.0 Å². The zero-order chi connectivity index (χ0) is 28.5. The lowest BCUT2D eigenvalue weighted by atomic mass is 9.98. The molecule has 1 aromatic carbocycles. The highest BCUT2D eigenvalue weighted by Gasteiger charge is 2.35. The molecule has 1 aliphatic rings. The first-order valence-electron chi connectivity index (χ1n) is 13.0. The number of aromatic nitrogens is 3. The van der Waals surface area contributed by atoms with Gasteiger partial charge in [0.2, 0.25) is 11.7 Å². The number of nitrogens with zero attached hydrogens (tertiary/aromatic N) is 3. The molecule has 0 saturated carbocycles. The summed E-state index contributed by atoms with van der Waals surface area (Å²) in [5.41, 5.74) is 0.815. The van der Waals surface area contributed by atoms with Crippen LogP contribution in [-0.2, 0) is 38.7 Å². The molecule has 4 atom stereocenters. The molecule has 4 unspecified atom stereocenters. The largest absolute Gasteiger partial charge is 0.445 e. The van der Waals surface area contributed by atoms with Crippen molar-refractivity contribution in [2.45, 2.75) is 71.6 Å². The molecule has 13 nitrogen and oxygen atoms in total. The average molecular weight is 544 g/mol. The van der Waals surface area contributed by atoms with Crippen molar-refractivity contribution < 1.29 is 29.0 Å². The van der Waals surface area contributed by atoms with Crippen molar-refractivity contribution in [3.05, 3.63) is 48.0 Å². The maximum Gasteiger partial charge on any atom is 0.407 e. The zero-order valence-corrected chi connectivity index (χ0v) is 22.6. The van der Waals surface area contributed by atoms with Gasteiger partial charge in [-0.05, 0) is 17.4 Å². The number of nitrogens with one attached hydrogen (secondary N) is 4. The molecular formula is C26H37N7O6. The summed E-state index contributed by atoms with van der Waals surface area (Å²) in [6.45, 7) is 7.75. The van der Waals surface area contributed by atoms with Crippen LogP contribution in [0.5, 0.6) is 0 Å². The van der Waals surface area contributed by atoms with Crippen LogP contribution in [0.15, 0.2) is 36.7 Å². The summed E-state index contributed by atoms with van der Waals surface area (Å²) in [5.74, 6) is -2.28. The molecule has 2 heterocycles. The minimum absolute atomic E-state index is 0.0191. The number of alkyl carbamates (subject to hydrolysis) is 1. The summed E-state index contributed by atoms with van der Waals surface area (Å²) in [5, 5.41) is 25.8. The molecule has 0 bridgehead atoms. The van der Waals surface area contributed by atoms with Crippen LogP contribution in [0, 0.1) is 11.8 Å². The van der Waals surface area contributed by atoms with Gasteiger partial charge >= 0.3 is 6.09 Å². The number of hydrogen-bond acceptors (Lipinski definition) is 9. The number of ether oxygens (including phenoxy) is 1. The number of amides is 3. The van der Waals surface area contributed by atoms with Crippen molar-refractivity contribution in [2.75, 3.05) is 6.54 Å². The SMILES string of the molecule is CC(C)C(NC(O)C(NC(=O)OCc1ccccc1)C(C)C)C(=O)NC1Cc2ncnn2CCNC(=O)C1=O. The molecule has 0 aliphatic carbocycles. The number of carbonyl (C=O) groups excluding carboxylic acids is 4. The van der Waals surface area contributed by atoms with E-state index in [2.05, 4.69) is 31.3 Å². The fourth-order valence-corrected chi connectivity index (χ4v) is 4.18. The Hall–Kier alpha value is -3.84. The normalized spacial score (nSPS) is 18.2. The fourth-order valence-electron chi connectivity index (χ4n) is 4.18. The second-order valence-electron chi connectivity index (χ2n) is 10.1. The number of hydrogen-bond donors (Lipinski definition) is 5. The van der Waals surface area contributed by atoms with Gasteiger partial charge in [-0.15, -0.1) is 0 Å². The number of aliphatic hydroxyl groups excluding tert-OH is 1. The van der Waals surface area contributed by atoms with E-state index in [-0.39, 0.29) is 31.4 Å². The molecule has 0 saturated heterocycles. The monoisotopic (exact) mass is 543 g/mol. The molecule has 0 fully saturated rings. The van der Waals surface area contributed by atoms with Crippen LogP contribution in [0.2, 0.25) is 0 Å². The van der Waals surface area contributed by atoms with Crippen LogP contribution in [-0.4, -0.2) is 74.5 Å². The predicted molar refractivity (Wildman–Crippen MR) is 140 cm³/mol. The van der Waals surface area contributed by atoms with Crippen molar-refractivity contribution in [3.8, 4) is 0 Å². The number of carbonyl (C=O) groups is 4. The Labute approximate surface area is 227 Å². The molecule has 13 heteroatoms. The lowest BCUT2D eigenvalue weighted by Crippen LogP contribution is -2.61. The summed E-state index contributed by atoms with van der Waals surface area (Å²) < 4.78 is 6.84. The highest BCUT2D eigenvalue weighted by molar-refractivity contribution is 6.38. The minimum Gasteiger partial charge on any atom is -0.445 e. The minimum atomic E-state index is -1.32. The second-order valence-corrected chi connectivity index (χ2v) is 10.1. The quantitative estimate of drug-likeness (QED) is 0.202. The number of Topliss-reactive ketones (excluding diaryl/α,β-unsaturated/α-hetero) is 1. The molecule has 3 rings (SSSR count). The van der Waals surface area contributed by atoms with Crippen molar-refractivity contribution in [2.24, 2.45) is 11.8 Å². The third-order valence-electron chi connectivity index (χ3n) is 6.40. The first kappa shape index (κ1) is 29.7. The van der Waals surface area contributed by atoms with Gasteiger partial charge in [-0.1, -0.05) is 58.0 Å². The number of rotatable bonds is 10. The zero-order valence-electron chi connectivity index (χ0n) is 22.6. The number of benzene rings is 1. The topological polar surface area (TPSA) is 177 Å². The van der Waals surface area contributed by atoms with Crippen molar-refractivity contribution in [3.63, 3.8) is 0 Å². The lowest BCUT2D eigenvalue weighted by molar-refractivity contribution is -0.140. The van der Waals surface area contributed by atoms with Crippen molar-refractivity contribution in [1.29, 1.82) is 0 Å². The van der Waals surface area contributed by atoms with Crippen molar-refractivity contribution in [1.82, 2.24) is 36.0 Å². The van der Waals surface area contributed by atoms with Gasteiger partial charge in [0.1, 0.15) is 31.0 Å².